The Balaban J connectivity index is 2.13. The lowest BCUT2D eigenvalue weighted by atomic mass is 10.0. The molecule has 0 aliphatic carbocycles. The molecule has 15 heavy (non-hydrogen) atoms. The molecule has 2 rings (SSSR count). The van der Waals surface area contributed by atoms with Crippen LogP contribution in [0.3, 0.4) is 0 Å². The Morgan fingerprint density at radius 1 is 1.40 bits per heavy atom. The maximum atomic E-state index is 5.94. The Morgan fingerprint density at radius 2 is 2.13 bits per heavy atom. The molecule has 1 aliphatic rings. The van der Waals surface area contributed by atoms with Crippen LogP contribution in [0.5, 0.6) is 5.75 Å². The van der Waals surface area contributed by atoms with Gasteiger partial charge in [0.15, 0.2) is 0 Å². The molecule has 1 heterocycles. The van der Waals surface area contributed by atoms with E-state index < -0.39 is 0 Å². The fourth-order valence-electron chi connectivity index (χ4n) is 1.86. The Labute approximate surface area is 90.0 Å². The molecule has 1 unspecified atom stereocenters. The van der Waals surface area contributed by atoms with Crippen molar-refractivity contribution in [1.82, 2.24) is 10.3 Å². The van der Waals surface area contributed by atoms with Crippen LogP contribution in [0.2, 0.25) is 0 Å². The Kier molecular flexibility index (Phi) is 3.20. The minimum absolute atomic E-state index is 0.268. The second kappa shape index (κ2) is 4.61. The van der Waals surface area contributed by atoms with Gasteiger partial charge in [-0.2, -0.15) is 0 Å². The van der Waals surface area contributed by atoms with Gasteiger partial charge in [0.2, 0.25) is 0 Å². The minimum Gasteiger partial charge on any atom is -0.497 e. The normalized spacial score (nSPS) is 22.7. The van der Waals surface area contributed by atoms with Gasteiger partial charge < -0.3 is 10.1 Å². The van der Waals surface area contributed by atoms with Crippen LogP contribution in [0.15, 0.2) is 24.3 Å². The zero-order valence-corrected chi connectivity index (χ0v) is 8.94. The van der Waals surface area contributed by atoms with Crippen LogP contribution < -0.4 is 15.9 Å². The summed E-state index contributed by atoms with van der Waals surface area (Å²) in [4.78, 5) is 0. The van der Waals surface area contributed by atoms with E-state index in [2.05, 4.69) is 17.4 Å². The van der Waals surface area contributed by atoms with Crippen LogP contribution in [0.25, 0.3) is 0 Å². The molecule has 1 aromatic rings. The predicted octanol–water partition coefficient (Wildman–Crippen LogP) is 0.515. The van der Waals surface area contributed by atoms with Crippen molar-refractivity contribution in [3.05, 3.63) is 29.8 Å². The molecular weight excluding hydrogens is 190 g/mol. The topological polar surface area (TPSA) is 50.5 Å². The molecule has 0 saturated carbocycles. The third kappa shape index (κ3) is 2.28. The first kappa shape index (κ1) is 10.4. The molecule has 3 N–H and O–H groups in total. The Bertz CT molecular complexity index is 312. The number of ether oxygens (including phenoxy) is 1. The number of hydrazine groups is 1. The van der Waals surface area contributed by atoms with Gasteiger partial charge in [0.1, 0.15) is 5.75 Å². The van der Waals surface area contributed by atoms with E-state index in [1.807, 2.05) is 17.1 Å². The van der Waals surface area contributed by atoms with Crippen molar-refractivity contribution >= 4 is 0 Å². The van der Waals surface area contributed by atoms with Crippen LogP contribution >= 0.6 is 0 Å². The van der Waals surface area contributed by atoms with E-state index in [-0.39, 0.29) is 6.04 Å². The standard InChI is InChI=1S/C11H17N3O/c1-15-10-4-2-9(3-5-10)11-8-13-6-7-14(11)12/h2-5,11,13H,6-8,12H2,1H3. The van der Waals surface area contributed by atoms with E-state index in [9.17, 15) is 0 Å². The van der Waals surface area contributed by atoms with Crippen LogP contribution in [-0.4, -0.2) is 31.8 Å². The van der Waals surface area contributed by atoms with Crippen molar-refractivity contribution in [3.8, 4) is 5.75 Å². The molecule has 1 aliphatic heterocycles. The molecule has 1 fully saturated rings. The van der Waals surface area contributed by atoms with Crippen molar-refractivity contribution in [3.63, 3.8) is 0 Å². The quantitative estimate of drug-likeness (QED) is 0.694. The van der Waals surface area contributed by atoms with Gasteiger partial charge in [-0.15, -0.1) is 0 Å². The summed E-state index contributed by atoms with van der Waals surface area (Å²) >= 11 is 0. The first-order valence-corrected chi connectivity index (χ1v) is 5.17. The summed E-state index contributed by atoms with van der Waals surface area (Å²) in [6, 6.07) is 8.34. The molecule has 82 valence electrons. The van der Waals surface area contributed by atoms with E-state index >= 15 is 0 Å². The summed E-state index contributed by atoms with van der Waals surface area (Å²) in [6.07, 6.45) is 0. The van der Waals surface area contributed by atoms with Crippen LogP contribution in [0, 0.1) is 0 Å². The van der Waals surface area contributed by atoms with E-state index in [4.69, 9.17) is 10.6 Å². The highest BCUT2D eigenvalue weighted by molar-refractivity contribution is 5.29. The summed E-state index contributed by atoms with van der Waals surface area (Å²) in [6.45, 7) is 2.75. The van der Waals surface area contributed by atoms with Gasteiger partial charge in [0, 0.05) is 19.6 Å². The summed E-state index contributed by atoms with van der Waals surface area (Å²) in [5.74, 6) is 6.82. The van der Waals surface area contributed by atoms with E-state index in [0.29, 0.717) is 0 Å². The number of rotatable bonds is 2. The third-order valence-electron chi connectivity index (χ3n) is 2.79. The fourth-order valence-corrected chi connectivity index (χ4v) is 1.86. The van der Waals surface area contributed by atoms with Gasteiger partial charge in [0.25, 0.3) is 0 Å². The van der Waals surface area contributed by atoms with Crippen LogP contribution in [-0.2, 0) is 0 Å². The number of hydrogen-bond acceptors (Lipinski definition) is 4. The molecule has 0 bridgehead atoms. The van der Waals surface area contributed by atoms with E-state index in [1.165, 1.54) is 5.56 Å². The van der Waals surface area contributed by atoms with Crippen LogP contribution in [0.4, 0.5) is 0 Å². The first-order valence-electron chi connectivity index (χ1n) is 5.17. The number of benzene rings is 1. The maximum Gasteiger partial charge on any atom is 0.118 e. The van der Waals surface area contributed by atoms with Crippen molar-refractivity contribution < 1.29 is 4.74 Å². The van der Waals surface area contributed by atoms with Crippen molar-refractivity contribution in [2.75, 3.05) is 26.7 Å². The lowest BCUT2D eigenvalue weighted by molar-refractivity contribution is 0.165. The van der Waals surface area contributed by atoms with Crippen molar-refractivity contribution in [2.24, 2.45) is 5.84 Å². The molecule has 0 amide bonds. The van der Waals surface area contributed by atoms with Gasteiger partial charge in [-0.25, -0.2) is 5.01 Å². The van der Waals surface area contributed by atoms with Crippen LogP contribution in [0.1, 0.15) is 11.6 Å². The van der Waals surface area contributed by atoms with E-state index in [0.717, 1.165) is 25.4 Å². The molecular formula is C11H17N3O. The van der Waals surface area contributed by atoms with Gasteiger partial charge in [-0.05, 0) is 17.7 Å². The molecule has 1 saturated heterocycles. The molecule has 0 radical (unpaired) electrons. The number of nitrogens with zero attached hydrogens (tertiary/aromatic N) is 1. The molecule has 0 aromatic heterocycles. The summed E-state index contributed by atoms with van der Waals surface area (Å²) in [5.41, 5.74) is 1.23. The number of nitrogens with one attached hydrogen (secondary N) is 1. The predicted molar refractivity (Wildman–Crippen MR) is 59.5 cm³/mol. The summed E-state index contributed by atoms with van der Waals surface area (Å²) in [5, 5.41) is 5.23. The second-order valence-corrected chi connectivity index (χ2v) is 3.73. The largest absolute Gasteiger partial charge is 0.497 e. The zero-order chi connectivity index (χ0) is 10.7. The minimum atomic E-state index is 0.268. The van der Waals surface area contributed by atoms with Gasteiger partial charge in [-0.3, -0.25) is 5.84 Å². The smallest absolute Gasteiger partial charge is 0.118 e. The number of nitrogens with two attached hydrogens (primary N) is 1. The Morgan fingerprint density at radius 3 is 2.73 bits per heavy atom. The number of hydrogen-bond donors (Lipinski definition) is 2. The van der Waals surface area contributed by atoms with E-state index in [1.54, 1.807) is 7.11 Å². The van der Waals surface area contributed by atoms with Gasteiger partial charge in [-0.1, -0.05) is 12.1 Å². The highest BCUT2D eigenvalue weighted by Crippen LogP contribution is 2.21. The fraction of sp³-hybridized carbons (Fsp3) is 0.455. The molecule has 4 nitrogen and oxygen atoms in total. The highest BCUT2D eigenvalue weighted by Gasteiger charge is 2.20. The average molecular weight is 207 g/mol. The molecule has 0 spiro atoms. The molecule has 1 aromatic carbocycles. The molecule has 4 heteroatoms. The SMILES string of the molecule is COc1ccc(C2CNCCN2N)cc1. The van der Waals surface area contributed by atoms with Crippen molar-refractivity contribution in [1.29, 1.82) is 0 Å². The Hall–Kier alpha value is -1.10. The van der Waals surface area contributed by atoms with Gasteiger partial charge in [0.05, 0.1) is 13.2 Å². The summed E-state index contributed by atoms with van der Waals surface area (Å²) < 4.78 is 5.12. The van der Waals surface area contributed by atoms with Gasteiger partial charge >= 0.3 is 0 Å². The maximum absolute atomic E-state index is 5.94. The highest BCUT2D eigenvalue weighted by atomic mass is 16.5. The molecule has 1 atom stereocenters. The lowest BCUT2D eigenvalue weighted by Crippen LogP contribution is -2.49. The summed E-state index contributed by atoms with van der Waals surface area (Å²) in [7, 11) is 1.67. The second-order valence-electron chi connectivity index (χ2n) is 3.73. The number of methoxy groups -OCH3 is 1. The van der Waals surface area contributed by atoms with Crippen molar-refractivity contribution in [2.45, 2.75) is 6.04 Å². The average Bonchev–Trinajstić information content (AvgIpc) is 2.30. The zero-order valence-electron chi connectivity index (χ0n) is 8.94. The first-order chi connectivity index (χ1) is 7.31. The third-order valence-corrected chi connectivity index (χ3v) is 2.79. The lowest BCUT2D eigenvalue weighted by Gasteiger charge is -2.32. The number of piperazine rings is 1. The monoisotopic (exact) mass is 207 g/mol.